The fourth-order valence-corrected chi connectivity index (χ4v) is 2.66. The molecule has 1 aliphatic rings. The van der Waals surface area contributed by atoms with Gasteiger partial charge in [0.25, 0.3) is 0 Å². The minimum Gasteiger partial charge on any atom is -0.463 e. The maximum Gasteiger partial charge on any atom is 0.375 e. The van der Waals surface area contributed by atoms with E-state index in [-0.39, 0.29) is 24.7 Å². The average molecular weight is 309 g/mol. The van der Waals surface area contributed by atoms with E-state index in [9.17, 15) is 18.0 Å². The maximum atomic E-state index is 11.7. The summed E-state index contributed by atoms with van der Waals surface area (Å²) in [4.78, 5) is 27.6. The molecule has 0 aliphatic carbocycles. The van der Waals surface area contributed by atoms with Gasteiger partial charge in [-0.15, -0.1) is 0 Å². The van der Waals surface area contributed by atoms with Crippen molar-refractivity contribution in [2.75, 3.05) is 18.6 Å². The van der Waals surface area contributed by atoms with E-state index in [2.05, 4.69) is 9.72 Å². The van der Waals surface area contributed by atoms with Gasteiger partial charge in [0.15, 0.2) is 0 Å². The van der Waals surface area contributed by atoms with Crippen molar-refractivity contribution >= 4 is 37.6 Å². The number of carbonyl (C=O) groups excluding carboxylic acids is 2. The summed E-state index contributed by atoms with van der Waals surface area (Å²) in [6, 6.07) is -0.159. The first kappa shape index (κ1) is 13.8. The van der Waals surface area contributed by atoms with Gasteiger partial charge in [0.2, 0.25) is 20.7 Å². The lowest BCUT2D eigenvalue weighted by molar-refractivity contribution is -0.117. The second kappa shape index (κ2) is 4.82. The zero-order valence-corrected chi connectivity index (χ0v) is 11.3. The molecule has 2 heterocycles. The van der Waals surface area contributed by atoms with Gasteiger partial charge in [-0.3, -0.25) is 9.69 Å². The average Bonchev–Trinajstić information content (AvgIpc) is 2.93. The highest BCUT2D eigenvalue weighted by Gasteiger charge is 2.40. The van der Waals surface area contributed by atoms with E-state index >= 15 is 0 Å². The molecule has 1 atom stereocenters. The van der Waals surface area contributed by atoms with Gasteiger partial charge in [0.05, 0.1) is 13.3 Å². The largest absolute Gasteiger partial charge is 0.463 e. The normalized spacial score (nSPS) is 19.8. The molecule has 0 spiro atoms. The molecule has 0 bridgehead atoms. The monoisotopic (exact) mass is 308 g/mol. The maximum absolute atomic E-state index is 11.7. The van der Waals surface area contributed by atoms with E-state index < -0.39 is 26.2 Å². The molecule has 1 fully saturated rings. The van der Waals surface area contributed by atoms with E-state index in [0.29, 0.717) is 0 Å². The first-order chi connectivity index (χ1) is 8.82. The van der Waals surface area contributed by atoms with Crippen LogP contribution in [0.15, 0.2) is 10.6 Å². The molecule has 1 aliphatic heterocycles. The number of ether oxygens (including phenoxy) is 1. The molecular weight excluding hydrogens is 300 g/mol. The molecule has 2 rings (SSSR count). The highest BCUT2D eigenvalue weighted by atomic mass is 35.7. The van der Waals surface area contributed by atoms with Crippen LogP contribution in [-0.4, -0.2) is 44.2 Å². The summed E-state index contributed by atoms with van der Waals surface area (Å²) >= 11 is 0. The van der Waals surface area contributed by atoms with E-state index in [1.54, 1.807) is 0 Å². The standard InChI is InChI=1S/C9H9ClN2O6S/c1-17-8(14)6-3-11-9(18-6)12-4-5(2-7(12)13)19(10,15)16/h3,5H,2,4H2,1H3. The lowest BCUT2D eigenvalue weighted by Crippen LogP contribution is -2.26. The number of hydrogen-bond acceptors (Lipinski definition) is 7. The number of methoxy groups -OCH3 is 1. The van der Waals surface area contributed by atoms with Gasteiger partial charge in [-0.2, -0.15) is 0 Å². The zero-order chi connectivity index (χ0) is 14.2. The topological polar surface area (TPSA) is 107 Å². The quantitative estimate of drug-likeness (QED) is 0.577. The number of halogens is 1. The van der Waals surface area contributed by atoms with Crippen LogP contribution in [0.1, 0.15) is 17.0 Å². The third kappa shape index (κ3) is 2.71. The second-order valence-electron chi connectivity index (χ2n) is 3.80. The van der Waals surface area contributed by atoms with Crippen LogP contribution in [-0.2, 0) is 18.6 Å². The number of amides is 1. The number of rotatable bonds is 3. The lowest BCUT2D eigenvalue weighted by atomic mass is 10.4. The molecule has 0 radical (unpaired) electrons. The number of aromatic nitrogens is 1. The Kier molecular flexibility index (Phi) is 3.50. The van der Waals surface area contributed by atoms with Crippen LogP contribution in [0.4, 0.5) is 6.01 Å². The third-order valence-corrected chi connectivity index (χ3v) is 4.47. The van der Waals surface area contributed by atoms with Crippen molar-refractivity contribution in [1.82, 2.24) is 4.98 Å². The van der Waals surface area contributed by atoms with Gasteiger partial charge < -0.3 is 9.15 Å². The van der Waals surface area contributed by atoms with E-state index in [4.69, 9.17) is 15.1 Å². The lowest BCUT2D eigenvalue weighted by Gasteiger charge is -2.10. The molecule has 10 heteroatoms. The van der Waals surface area contributed by atoms with Crippen LogP contribution in [0.25, 0.3) is 0 Å². The van der Waals surface area contributed by atoms with Crippen molar-refractivity contribution in [1.29, 1.82) is 0 Å². The SMILES string of the molecule is COC(=O)c1cnc(N2CC(S(=O)(=O)Cl)CC2=O)o1. The molecule has 0 N–H and O–H groups in total. The van der Waals surface area contributed by atoms with Crippen molar-refractivity contribution in [3.8, 4) is 0 Å². The number of anilines is 1. The van der Waals surface area contributed by atoms with Crippen LogP contribution >= 0.6 is 10.7 Å². The predicted octanol–water partition coefficient (Wildman–Crippen LogP) is 0.135. The number of hydrogen-bond donors (Lipinski definition) is 0. The molecular formula is C9H9ClN2O6S. The van der Waals surface area contributed by atoms with E-state index in [1.165, 1.54) is 7.11 Å². The molecule has 104 valence electrons. The molecule has 1 aromatic rings. The molecule has 1 saturated heterocycles. The first-order valence-corrected chi connectivity index (χ1v) is 7.48. The number of carbonyl (C=O) groups is 2. The smallest absolute Gasteiger partial charge is 0.375 e. The van der Waals surface area contributed by atoms with Gasteiger partial charge in [-0.05, 0) is 0 Å². The second-order valence-corrected chi connectivity index (χ2v) is 6.71. The molecule has 1 amide bonds. The van der Waals surface area contributed by atoms with Crippen LogP contribution in [0.2, 0.25) is 0 Å². The van der Waals surface area contributed by atoms with Crippen molar-refractivity contribution in [3.05, 3.63) is 12.0 Å². The van der Waals surface area contributed by atoms with Crippen molar-refractivity contribution < 1.29 is 27.2 Å². The first-order valence-electron chi connectivity index (χ1n) is 5.11. The Bertz CT molecular complexity index is 624. The fraction of sp³-hybridized carbons (Fsp3) is 0.444. The van der Waals surface area contributed by atoms with E-state index in [0.717, 1.165) is 11.1 Å². The number of nitrogens with zero attached hydrogens (tertiary/aromatic N) is 2. The predicted molar refractivity (Wildman–Crippen MR) is 63.4 cm³/mol. The summed E-state index contributed by atoms with van der Waals surface area (Å²) in [6.07, 6.45) is 0.846. The van der Waals surface area contributed by atoms with Crippen LogP contribution in [0.5, 0.6) is 0 Å². The highest BCUT2D eigenvalue weighted by molar-refractivity contribution is 8.14. The molecule has 1 aromatic heterocycles. The summed E-state index contributed by atoms with van der Waals surface area (Å²) in [5.74, 6) is -1.41. The Labute approximate surface area is 112 Å². The Morgan fingerprint density at radius 1 is 1.63 bits per heavy atom. The van der Waals surface area contributed by atoms with Crippen molar-refractivity contribution in [2.45, 2.75) is 11.7 Å². The molecule has 0 aromatic carbocycles. The van der Waals surface area contributed by atoms with E-state index in [1.807, 2.05) is 0 Å². The Balaban J connectivity index is 2.21. The van der Waals surface area contributed by atoms with Gasteiger partial charge in [-0.1, -0.05) is 0 Å². The molecule has 1 unspecified atom stereocenters. The van der Waals surface area contributed by atoms with Gasteiger partial charge in [-0.25, -0.2) is 18.2 Å². The molecule has 0 saturated carbocycles. The highest BCUT2D eigenvalue weighted by Crippen LogP contribution is 2.26. The number of oxazole rings is 1. The summed E-state index contributed by atoms with van der Waals surface area (Å²) in [5, 5.41) is -1.02. The van der Waals surface area contributed by atoms with Gasteiger partial charge in [0.1, 0.15) is 5.25 Å². The van der Waals surface area contributed by atoms with Crippen LogP contribution < -0.4 is 4.90 Å². The van der Waals surface area contributed by atoms with Crippen molar-refractivity contribution in [2.24, 2.45) is 0 Å². The Morgan fingerprint density at radius 3 is 2.84 bits per heavy atom. The minimum absolute atomic E-state index is 0.159. The summed E-state index contributed by atoms with van der Waals surface area (Å²) in [7, 11) is 2.53. The fourth-order valence-electron chi connectivity index (χ4n) is 1.63. The van der Waals surface area contributed by atoms with Gasteiger partial charge >= 0.3 is 12.0 Å². The number of esters is 1. The van der Waals surface area contributed by atoms with Crippen LogP contribution in [0, 0.1) is 0 Å². The Hall–Kier alpha value is -1.61. The zero-order valence-electron chi connectivity index (χ0n) is 9.70. The third-order valence-electron chi connectivity index (χ3n) is 2.60. The minimum atomic E-state index is -3.84. The molecule has 19 heavy (non-hydrogen) atoms. The van der Waals surface area contributed by atoms with Crippen molar-refractivity contribution in [3.63, 3.8) is 0 Å². The molecule has 8 nitrogen and oxygen atoms in total. The Morgan fingerprint density at radius 2 is 2.32 bits per heavy atom. The van der Waals surface area contributed by atoms with Crippen LogP contribution in [0.3, 0.4) is 0 Å². The summed E-state index contributed by atoms with van der Waals surface area (Å²) in [6.45, 7) is -0.161. The van der Waals surface area contributed by atoms with Gasteiger partial charge in [0, 0.05) is 23.6 Å². The summed E-state index contributed by atoms with van der Waals surface area (Å²) < 4.78 is 31.8. The summed E-state index contributed by atoms with van der Waals surface area (Å²) in [5.41, 5.74) is 0.